The van der Waals surface area contributed by atoms with Crippen LogP contribution >= 0.6 is 24.2 Å². The monoisotopic (exact) mass is 449 g/mol. The molecule has 8 heteroatoms. The number of aromatic amines is 1. The molecule has 2 aromatic carbocycles. The lowest BCUT2D eigenvalue weighted by Gasteiger charge is -2.23. The second-order valence-corrected chi connectivity index (χ2v) is 8.23. The average Bonchev–Trinajstić information content (AvgIpc) is 3.15. The molecule has 3 rings (SSSR count). The first-order chi connectivity index (χ1) is 14.1. The first kappa shape index (κ1) is 24.1. The first-order valence-electron chi connectivity index (χ1n) is 9.58. The van der Waals surface area contributed by atoms with E-state index in [4.69, 9.17) is 26.5 Å². The zero-order valence-corrected chi connectivity index (χ0v) is 19.4. The maximum absolute atomic E-state index is 11.0. The average molecular weight is 450 g/mol. The van der Waals surface area contributed by atoms with Crippen molar-refractivity contribution in [3.63, 3.8) is 0 Å². The lowest BCUT2D eigenvalue weighted by Crippen LogP contribution is -2.20. The highest BCUT2D eigenvalue weighted by molar-refractivity contribution is 7.80. The molecule has 30 heavy (non-hydrogen) atoms. The molecule has 0 aliphatic carbocycles. The fraction of sp³-hybridized carbons (Fsp3) is 0.364. The van der Waals surface area contributed by atoms with Crippen LogP contribution in [-0.4, -0.2) is 17.3 Å². The minimum absolute atomic E-state index is 0.0127. The van der Waals surface area contributed by atoms with Crippen molar-refractivity contribution < 1.29 is 9.15 Å². The second-order valence-electron chi connectivity index (χ2n) is 7.31. The third kappa shape index (κ3) is 5.90. The van der Waals surface area contributed by atoms with Crippen LogP contribution in [-0.2, 0) is 0 Å². The summed E-state index contributed by atoms with van der Waals surface area (Å²) in [5.74, 6) is 0.802. The van der Waals surface area contributed by atoms with Gasteiger partial charge in [-0.1, -0.05) is 50.6 Å². The summed E-state index contributed by atoms with van der Waals surface area (Å²) in [6, 6.07) is 11.1. The Morgan fingerprint density at radius 3 is 2.47 bits per heavy atom. The van der Waals surface area contributed by atoms with Crippen LogP contribution in [0.2, 0.25) is 5.02 Å². The number of nitrogens with zero attached hydrogens (tertiary/aromatic N) is 1. The van der Waals surface area contributed by atoms with Gasteiger partial charge >= 0.3 is 5.76 Å². The number of benzene rings is 2. The maximum Gasteiger partial charge on any atom is 0.434 e. The van der Waals surface area contributed by atoms with Crippen LogP contribution in [0, 0.1) is 6.92 Å². The third-order valence-electron chi connectivity index (χ3n) is 4.85. The number of hydrogen-bond acceptors (Lipinski definition) is 6. The molecule has 1 heterocycles. The molecule has 0 saturated heterocycles. The minimum Gasteiger partial charge on any atom is -0.496 e. The Hall–Kier alpha value is -2.22. The van der Waals surface area contributed by atoms with Crippen LogP contribution in [0.5, 0.6) is 5.75 Å². The lowest BCUT2D eigenvalue weighted by atomic mass is 9.84. The predicted octanol–water partition coefficient (Wildman–Crippen LogP) is 5.24. The van der Waals surface area contributed by atoms with Crippen molar-refractivity contribution in [3.05, 3.63) is 74.6 Å². The maximum atomic E-state index is 11.0. The molecule has 162 valence electrons. The summed E-state index contributed by atoms with van der Waals surface area (Å²) >= 11 is 9.82. The van der Waals surface area contributed by atoms with Gasteiger partial charge in [0, 0.05) is 15.8 Å². The summed E-state index contributed by atoms with van der Waals surface area (Å²) in [6.07, 6.45) is 0. The van der Waals surface area contributed by atoms with Crippen LogP contribution in [0.3, 0.4) is 0 Å². The predicted molar refractivity (Wildman–Crippen MR) is 123 cm³/mol. The largest absolute Gasteiger partial charge is 0.496 e. The first-order valence-corrected chi connectivity index (χ1v) is 10.4. The van der Waals surface area contributed by atoms with E-state index in [0.717, 1.165) is 4.90 Å². The molecule has 0 saturated carbocycles. The fourth-order valence-corrected chi connectivity index (χ4v) is 3.72. The molecule has 0 radical (unpaired) electrons. The molecule has 3 aromatic rings. The number of thiol groups is 1. The molecule has 0 amide bonds. The van der Waals surface area contributed by atoms with Gasteiger partial charge in [0.05, 0.1) is 13.2 Å². The van der Waals surface area contributed by atoms with Crippen molar-refractivity contribution >= 4 is 24.2 Å². The highest BCUT2D eigenvalue weighted by Gasteiger charge is 2.25. The number of ether oxygens (including phenoxy) is 1. The molecular weight excluding hydrogens is 422 g/mol. The number of rotatable bonds is 5. The normalized spacial score (nSPS) is 12.8. The summed E-state index contributed by atoms with van der Waals surface area (Å²) in [4.78, 5) is 11.8. The summed E-state index contributed by atoms with van der Waals surface area (Å²) in [5, 5.41) is 6.74. The Morgan fingerprint density at radius 1 is 1.23 bits per heavy atom. The van der Waals surface area contributed by atoms with Crippen molar-refractivity contribution in [1.82, 2.24) is 10.2 Å². The molecule has 0 aliphatic rings. The molecule has 6 nitrogen and oxygen atoms in total. The van der Waals surface area contributed by atoms with Crippen LogP contribution in [0.15, 0.2) is 50.5 Å². The molecule has 0 spiro atoms. The van der Waals surface area contributed by atoms with Gasteiger partial charge < -0.3 is 14.9 Å². The Balaban J connectivity index is 0.000000269. The summed E-state index contributed by atoms with van der Waals surface area (Å²) in [6.45, 7) is 8.46. The molecule has 0 aliphatic heterocycles. The topological polar surface area (TPSA) is 94.1 Å². The van der Waals surface area contributed by atoms with Gasteiger partial charge in [-0.05, 0) is 47.7 Å². The van der Waals surface area contributed by atoms with E-state index in [2.05, 4.69) is 55.7 Å². The lowest BCUT2D eigenvalue weighted by molar-refractivity contribution is 0.400. The van der Waals surface area contributed by atoms with Gasteiger partial charge in [0.25, 0.3) is 0 Å². The van der Waals surface area contributed by atoms with Gasteiger partial charge in [-0.25, -0.2) is 9.89 Å². The van der Waals surface area contributed by atoms with Gasteiger partial charge in [0.1, 0.15) is 5.75 Å². The highest BCUT2D eigenvalue weighted by Crippen LogP contribution is 2.34. The van der Waals surface area contributed by atoms with E-state index in [1.165, 1.54) is 16.7 Å². The minimum atomic E-state index is -0.573. The molecule has 1 aromatic heterocycles. The van der Waals surface area contributed by atoms with Gasteiger partial charge in [-0.15, -0.1) is 17.7 Å². The smallest absolute Gasteiger partial charge is 0.434 e. The summed E-state index contributed by atoms with van der Waals surface area (Å²) < 4.78 is 9.94. The fourth-order valence-electron chi connectivity index (χ4n) is 3.33. The molecular formula is C22H28ClN3O3S. The van der Waals surface area contributed by atoms with E-state index in [0.29, 0.717) is 16.7 Å². The zero-order valence-electron chi connectivity index (χ0n) is 17.8. The highest BCUT2D eigenvalue weighted by atomic mass is 35.5. The van der Waals surface area contributed by atoms with Crippen LogP contribution in [0.25, 0.3) is 0 Å². The van der Waals surface area contributed by atoms with Crippen molar-refractivity contribution in [2.75, 3.05) is 7.11 Å². The molecule has 2 unspecified atom stereocenters. The van der Waals surface area contributed by atoms with Crippen molar-refractivity contribution in [1.29, 1.82) is 0 Å². The number of halogens is 1. The quantitative estimate of drug-likeness (QED) is 0.463. The number of hydrogen-bond donors (Lipinski definition) is 3. The van der Waals surface area contributed by atoms with Crippen molar-refractivity contribution in [2.45, 2.75) is 50.5 Å². The second kappa shape index (κ2) is 10.7. The van der Waals surface area contributed by atoms with E-state index < -0.39 is 11.8 Å². The van der Waals surface area contributed by atoms with E-state index in [9.17, 15) is 4.79 Å². The van der Waals surface area contributed by atoms with E-state index >= 15 is 0 Å². The van der Waals surface area contributed by atoms with Gasteiger partial charge in [-0.3, -0.25) is 0 Å². The van der Waals surface area contributed by atoms with Gasteiger partial charge in [0.15, 0.2) is 0 Å². The summed E-state index contributed by atoms with van der Waals surface area (Å²) in [5.41, 5.74) is 9.92. The Bertz CT molecular complexity index is 1030. The van der Waals surface area contributed by atoms with Crippen molar-refractivity contribution in [3.8, 4) is 5.75 Å². The van der Waals surface area contributed by atoms with Crippen molar-refractivity contribution in [2.24, 2.45) is 5.73 Å². The molecule has 0 bridgehead atoms. The third-order valence-corrected chi connectivity index (χ3v) is 5.45. The molecule has 3 N–H and O–H groups in total. The number of nitrogens with two attached hydrogens (primary N) is 1. The number of H-pyrrole nitrogens is 1. The standard InChI is InChI=1S/C15H21N3O2.C7H7ClOS/c1-8(2)12-9(3)6-5-7-11(12)10(4)13(16)14-17-18-15(19)20-14;1-9-6-4-5(8)2-3-7(6)10/h5-8,10,13H,16H2,1-4H3,(H,18,19);2-4,10H,1H3. The van der Waals surface area contributed by atoms with E-state index in [-0.39, 0.29) is 11.8 Å². The van der Waals surface area contributed by atoms with Crippen LogP contribution < -0.4 is 16.2 Å². The number of nitrogens with one attached hydrogen (secondary N) is 1. The number of methoxy groups -OCH3 is 1. The van der Waals surface area contributed by atoms with Crippen LogP contribution in [0.4, 0.5) is 0 Å². The number of aryl methyl sites for hydroxylation is 1. The molecule has 0 fully saturated rings. The zero-order chi connectivity index (χ0) is 22.4. The summed E-state index contributed by atoms with van der Waals surface area (Å²) in [7, 11) is 1.59. The Labute approximate surface area is 187 Å². The number of aromatic nitrogens is 2. The Kier molecular flexibility index (Phi) is 8.58. The molecule has 2 atom stereocenters. The van der Waals surface area contributed by atoms with Gasteiger partial charge in [0.2, 0.25) is 5.89 Å². The van der Waals surface area contributed by atoms with Crippen LogP contribution in [0.1, 0.15) is 61.2 Å². The van der Waals surface area contributed by atoms with E-state index in [1.54, 1.807) is 25.3 Å². The Morgan fingerprint density at radius 2 is 1.93 bits per heavy atom. The SMILES string of the molecule is COc1cc(Cl)ccc1S.Cc1cccc(C(C)C(N)c2n[nH]c(=O)o2)c1C(C)C. The van der Waals surface area contributed by atoms with E-state index in [1.807, 2.05) is 13.0 Å². The van der Waals surface area contributed by atoms with Gasteiger partial charge in [-0.2, -0.15) is 0 Å².